The molecule has 0 aromatic heterocycles. The molecule has 34 heavy (non-hydrogen) atoms. The Morgan fingerprint density at radius 1 is 1.15 bits per heavy atom. The average molecular weight is 507 g/mol. The zero-order chi connectivity index (χ0) is 25.9. The summed E-state index contributed by atoms with van der Waals surface area (Å²) in [7, 11) is -5.85. The minimum Gasteiger partial charge on any atom is -0.459 e. The van der Waals surface area contributed by atoms with Crippen LogP contribution in [0.25, 0.3) is 0 Å². The van der Waals surface area contributed by atoms with Crippen molar-refractivity contribution >= 4 is 27.7 Å². The number of alkyl halides is 3. The van der Waals surface area contributed by atoms with Gasteiger partial charge in [0.2, 0.25) is 0 Å². The molecule has 0 radical (unpaired) electrons. The molecule has 1 amide bonds. The van der Waals surface area contributed by atoms with E-state index in [1.165, 1.54) is 4.90 Å². The third-order valence-electron chi connectivity index (χ3n) is 4.97. The molecule has 1 aliphatic heterocycles. The van der Waals surface area contributed by atoms with Crippen LogP contribution in [0, 0.1) is 5.41 Å². The van der Waals surface area contributed by atoms with Crippen LogP contribution in [0.15, 0.2) is 29.3 Å². The monoisotopic (exact) mass is 506 g/mol. The third-order valence-corrected chi connectivity index (χ3v) is 5.97. The van der Waals surface area contributed by atoms with Crippen LogP contribution in [0.3, 0.4) is 0 Å². The van der Waals surface area contributed by atoms with E-state index in [4.69, 9.17) is 4.74 Å². The van der Waals surface area contributed by atoms with Crippen molar-refractivity contribution in [2.24, 2.45) is 10.4 Å². The van der Waals surface area contributed by atoms with E-state index in [0.29, 0.717) is 24.0 Å². The van der Waals surface area contributed by atoms with Gasteiger partial charge >= 0.3 is 21.6 Å². The highest BCUT2D eigenvalue weighted by Gasteiger charge is 2.48. The number of carbonyl (C=O) groups is 2. The lowest BCUT2D eigenvalue weighted by molar-refractivity contribution is -0.125. The summed E-state index contributed by atoms with van der Waals surface area (Å²) in [5.74, 6) is -1.20. The van der Waals surface area contributed by atoms with Gasteiger partial charge in [-0.2, -0.15) is 21.6 Å². The predicted molar refractivity (Wildman–Crippen MR) is 118 cm³/mol. The molecule has 12 heteroatoms. The van der Waals surface area contributed by atoms with Crippen molar-refractivity contribution in [2.75, 3.05) is 13.3 Å². The fourth-order valence-corrected chi connectivity index (χ4v) is 3.60. The van der Waals surface area contributed by atoms with E-state index < -0.39 is 45.9 Å². The Bertz CT molecular complexity index is 1030. The number of carbonyl (C=O) groups excluding carboxylic acids is 2. The van der Waals surface area contributed by atoms with Crippen molar-refractivity contribution < 1.29 is 40.1 Å². The first-order chi connectivity index (χ1) is 15.5. The minimum absolute atomic E-state index is 0.0738. The Morgan fingerprint density at radius 3 is 2.24 bits per heavy atom. The highest BCUT2D eigenvalue weighted by atomic mass is 32.2. The average Bonchev–Trinajstić information content (AvgIpc) is 3.05. The molecule has 0 bridgehead atoms. The van der Waals surface area contributed by atoms with Gasteiger partial charge in [-0.25, -0.2) is 4.79 Å². The van der Waals surface area contributed by atoms with Gasteiger partial charge in [-0.1, -0.05) is 32.9 Å². The maximum atomic E-state index is 12.9. The largest absolute Gasteiger partial charge is 0.523 e. The molecule has 0 saturated carbocycles. The highest BCUT2D eigenvalue weighted by molar-refractivity contribution is 7.87. The van der Waals surface area contributed by atoms with Gasteiger partial charge in [-0.3, -0.25) is 14.0 Å². The molecule has 8 nitrogen and oxygen atoms in total. The van der Waals surface area contributed by atoms with Crippen LogP contribution >= 0.6 is 0 Å². The van der Waals surface area contributed by atoms with Crippen LogP contribution in [0.1, 0.15) is 69.4 Å². The first kappa shape index (κ1) is 27.8. The van der Waals surface area contributed by atoms with E-state index in [9.17, 15) is 31.2 Å². The smallest absolute Gasteiger partial charge is 0.459 e. The zero-order valence-electron chi connectivity index (χ0n) is 19.7. The second-order valence-electron chi connectivity index (χ2n) is 9.37. The molecule has 1 atom stereocenters. The molecule has 0 aliphatic carbocycles. The lowest BCUT2D eigenvalue weighted by atomic mass is 9.86. The van der Waals surface area contributed by atoms with Gasteiger partial charge in [0.25, 0.3) is 5.91 Å². The number of rotatable bonds is 9. The zero-order valence-corrected chi connectivity index (χ0v) is 20.5. The number of hydrogen-bond donors (Lipinski definition) is 0. The van der Waals surface area contributed by atoms with Crippen molar-refractivity contribution in [3.05, 3.63) is 35.4 Å². The predicted octanol–water partition coefficient (Wildman–Crippen LogP) is 4.23. The maximum absolute atomic E-state index is 12.9. The van der Waals surface area contributed by atoms with E-state index in [0.717, 1.165) is 0 Å². The summed E-state index contributed by atoms with van der Waals surface area (Å²) in [4.78, 5) is 30.3. The van der Waals surface area contributed by atoms with Gasteiger partial charge in [-0.05, 0) is 49.8 Å². The highest BCUT2D eigenvalue weighted by Crippen LogP contribution is 2.33. The summed E-state index contributed by atoms with van der Waals surface area (Å²) in [5.41, 5.74) is -5.05. The first-order valence-corrected chi connectivity index (χ1v) is 12.0. The van der Waals surface area contributed by atoms with E-state index in [1.54, 1.807) is 38.1 Å². The Balaban J connectivity index is 2.22. The van der Waals surface area contributed by atoms with E-state index >= 15 is 0 Å². The normalized spacial score (nSPS) is 16.1. The van der Waals surface area contributed by atoms with Crippen molar-refractivity contribution in [3.63, 3.8) is 0 Å². The van der Waals surface area contributed by atoms with Crippen molar-refractivity contribution in [1.82, 2.24) is 4.90 Å². The van der Waals surface area contributed by atoms with Gasteiger partial charge in [0.1, 0.15) is 19.0 Å². The summed E-state index contributed by atoms with van der Waals surface area (Å²) < 4.78 is 69.0. The SMILES string of the molecule is CC(C)OC(=O)c1ccc(C(CCC(C)(C)C)N2CN=C(COS(=O)(=O)C(F)(F)F)C2=O)cc1. The standard InChI is InChI=1S/C22H29F3N2O6S/c1-14(2)33-20(29)16-8-6-15(7-9-16)18(10-11-21(3,4)5)27-13-26-17(19(27)28)12-32-34(30,31)22(23,24)25/h6-9,14,18H,10-13H2,1-5H3. The lowest BCUT2D eigenvalue weighted by Crippen LogP contribution is -2.37. The Kier molecular flexibility index (Phi) is 8.52. The van der Waals surface area contributed by atoms with Crippen LogP contribution in [-0.2, 0) is 23.8 Å². The fourth-order valence-electron chi connectivity index (χ4n) is 3.20. The quantitative estimate of drug-likeness (QED) is 0.282. The maximum Gasteiger partial charge on any atom is 0.523 e. The number of ether oxygens (including phenoxy) is 1. The number of halogens is 3. The third kappa shape index (κ3) is 7.26. The van der Waals surface area contributed by atoms with Crippen molar-refractivity contribution in [1.29, 1.82) is 0 Å². The number of hydrogen-bond acceptors (Lipinski definition) is 7. The number of amides is 1. The summed E-state index contributed by atoms with van der Waals surface area (Å²) in [5, 5.41) is 0. The second-order valence-corrected chi connectivity index (χ2v) is 11.0. The number of esters is 1. The van der Waals surface area contributed by atoms with Gasteiger partial charge in [-0.15, -0.1) is 0 Å². The molecule has 0 saturated heterocycles. The first-order valence-electron chi connectivity index (χ1n) is 10.6. The number of aliphatic imine (C=N–C) groups is 1. The van der Waals surface area contributed by atoms with E-state index in [2.05, 4.69) is 9.18 Å². The van der Waals surface area contributed by atoms with Crippen molar-refractivity contribution in [2.45, 2.75) is 65.1 Å². The minimum atomic E-state index is -5.85. The molecule has 2 rings (SSSR count). The van der Waals surface area contributed by atoms with Crippen LogP contribution in [0.4, 0.5) is 13.2 Å². The lowest BCUT2D eigenvalue weighted by Gasteiger charge is -2.30. The Hall–Kier alpha value is -2.47. The molecule has 0 spiro atoms. The van der Waals surface area contributed by atoms with Crippen LogP contribution in [0.5, 0.6) is 0 Å². The summed E-state index contributed by atoms with van der Waals surface area (Å²) in [6, 6.07) is 6.01. The van der Waals surface area contributed by atoms with Gasteiger partial charge in [0.15, 0.2) is 0 Å². The van der Waals surface area contributed by atoms with Gasteiger partial charge in [0, 0.05) is 0 Å². The molecular formula is C22H29F3N2O6S. The van der Waals surface area contributed by atoms with E-state index in [-0.39, 0.29) is 18.2 Å². The van der Waals surface area contributed by atoms with Gasteiger partial charge < -0.3 is 9.64 Å². The molecule has 1 aromatic rings. The van der Waals surface area contributed by atoms with Crippen molar-refractivity contribution in [3.8, 4) is 0 Å². The van der Waals surface area contributed by atoms with Crippen LogP contribution in [0.2, 0.25) is 0 Å². The molecular weight excluding hydrogens is 477 g/mol. The topological polar surface area (TPSA) is 102 Å². The molecule has 1 unspecified atom stereocenters. The number of nitrogens with zero attached hydrogens (tertiary/aromatic N) is 2. The fraction of sp³-hybridized carbons (Fsp3) is 0.591. The molecule has 1 aliphatic rings. The molecule has 0 fully saturated rings. The molecule has 0 N–H and O–H groups in total. The molecule has 1 heterocycles. The number of benzene rings is 1. The summed E-state index contributed by atoms with van der Waals surface area (Å²) >= 11 is 0. The Labute approximate surface area is 197 Å². The summed E-state index contributed by atoms with van der Waals surface area (Å²) in [6.45, 7) is 8.28. The second kappa shape index (κ2) is 10.4. The summed E-state index contributed by atoms with van der Waals surface area (Å²) in [6.07, 6.45) is 0.926. The Morgan fingerprint density at radius 2 is 1.74 bits per heavy atom. The van der Waals surface area contributed by atoms with Crippen LogP contribution in [-0.4, -0.2) is 55.8 Å². The van der Waals surface area contributed by atoms with Crippen LogP contribution < -0.4 is 0 Å². The molecule has 190 valence electrons. The van der Waals surface area contributed by atoms with E-state index in [1.807, 2.05) is 20.8 Å². The molecule has 1 aromatic carbocycles. The van der Waals surface area contributed by atoms with Gasteiger partial charge in [0.05, 0.1) is 17.7 Å².